The molecule has 1 aliphatic heterocycles. The molecule has 0 saturated carbocycles. The number of nitrogens with two attached hydrogens (primary N) is 1. The fraction of sp³-hybridized carbons (Fsp3) is 0.250. The molecule has 78 valence electrons. The molecule has 1 aliphatic rings. The highest BCUT2D eigenvalue weighted by atomic mass is 16.1. The van der Waals surface area contributed by atoms with Gasteiger partial charge in [0, 0.05) is 18.3 Å². The summed E-state index contributed by atoms with van der Waals surface area (Å²) >= 11 is 0. The van der Waals surface area contributed by atoms with Crippen molar-refractivity contribution in [3.63, 3.8) is 0 Å². The lowest BCUT2D eigenvalue weighted by Gasteiger charge is -2.21. The van der Waals surface area contributed by atoms with Gasteiger partial charge in [-0.3, -0.25) is 4.79 Å². The van der Waals surface area contributed by atoms with Crippen molar-refractivity contribution in [2.75, 3.05) is 12.3 Å². The summed E-state index contributed by atoms with van der Waals surface area (Å²) in [5.74, 6) is 0.339. The third-order valence-electron chi connectivity index (χ3n) is 2.64. The van der Waals surface area contributed by atoms with Gasteiger partial charge < -0.3 is 11.1 Å². The van der Waals surface area contributed by atoms with Crippen molar-refractivity contribution in [2.45, 2.75) is 6.92 Å². The summed E-state index contributed by atoms with van der Waals surface area (Å²) in [4.78, 5) is 11.2. The molecular formula is C12H14N2O. The molecule has 3 nitrogen and oxygen atoms in total. The smallest absolute Gasteiger partial charge is 0.244 e. The Kier molecular flexibility index (Phi) is 2.46. The van der Waals surface area contributed by atoms with Crippen LogP contribution in [0.5, 0.6) is 0 Å². The Morgan fingerprint density at radius 3 is 2.67 bits per heavy atom. The van der Waals surface area contributed by atoms with E-state index in [-0.39, 0.29) is 5.91 Å². The number of anilines is 1. The normalized spacial score (nSPS) is 20.7. The maximum absolute atomic E-state index is 11.2. The molecule has 1 heterocycles. The minimum atomic E-state index is -0.0140. The van der Waals surface area contributed by atoms with Gasteiger partial charge in [0.1, 0.15) is 0 Å². The lowest BCUT2D eigenvalue weighted by atomic mass is 9.91. The molecule has 3 N–H and O–H groups in total. The average molecular weight is 202 g/mol. The predicted molar refractivity (Wildman–Crippen MR) is 61.0 cm³/mol. The van der Waals surface area contributed by atoms with Gasteiger partial charge in [-0.1, -0.05) is 19.1 Å². The lowest BCUT2D eigenvalue weighted by molar-refractivity contribution is -0.116. The Morgan fingerprint density at radius 2 is 2.00 bits per heavy atom. The van der Waals surface area contributed by atoms with Crippen LogP contribution in [0.4, 0.5) is 5.69 Å². The first-order valence-electron chi connectivity index (χ1n) is 5.02. The van der Waals surface area contributed by atoms with Crippen LogP contribution in [0.25, 0.3) is 5.57 Å². The van der Waals surface area contributed by atoms with E-state index in [1.807, 2.05) is 24.3 Å². The first-order valence-corrected chi connectivity index (χ1v) is 5.02. The highest BCUT2D eigenvalue weighted by molar-refractivity contribution is 5.97. The van der Waals surface area contributed by atoms with Crippen LogP contribution in [0.15, 0.2) is 30.3 Å². The van der Waals surface area contributed by atoms with Crippen molar-refractivity contribution in [3.8, 4) is 0 Å². The number of carbonyl (C=O) groups is 1. The summed E-state index contributed by atoms with van der Waals surface area (Å²) in [6, 6.07) is 7.62. The van der Waals surface area contributed by atoms with Gasteiger partial charge in [0.05, 0.1) is 0 Å². The topological polar surface area (TPSA) is 55.1 Å². The molecule has 0 saturated heterocycles. The maximum atomic E-state index is 11.2. The zero-order valence-electron chi connectivity index (χ0n) is 8.66. The van der Waals surface area contributed by atoms with Crippen LogP contribution in [0, 0.1) is 5.92 Å². The molecule has 1 aromatic rings. The van der Waals surface area contributed by atoms with E-state index in [0.29, 0.717) is 12.5 Å². The number of nitrogens with one attached hydrogen (secondary N) is 1. The molecule has 1 aromatic carbocycles. The minimum absolute atomic E-state index is 0.0140. The van der Waals surface area contributed by atoms with Gasteiger partial charge in [-0.05, 0) is 29.2 Å². The van der Waals surface area contributed by atoms with Crippen LogP contribution in [0.1, 0.15) is 12.5 Å². The minimum Gasteiger partial charge on any atom is -0.399 e. The van der Waals surface area contributed by atoms with Crippen LogP contribution in [0.3, 0.4) is 0 Å². The number of carbonyl (C=O) groups excluding carboxylic acids is 1. The standard InChI is InChI=1S/C12H14N2O/c1-8-7-14-12(15)6-11(8)9-2-4-10(13)5-3-9/h2-6,8H,7,13H2,1H3,(H,14,15)/t8-/m1/s1. The quantitative estimate of drug-likeness (QED) is 0.677. The second-order valence-corrected chi connectivity index (χ2v) is 3.87. The second kappa shape index (κ2) is 3.77. The van der Waals surface area contributed by atoms with Gasteiger partial charge in [0.2, 0.25) is 5.91 Å². The highest BCUT2D eigenvalue weighted by Crippen LogP contribution is 2.25. The largest absolute Gasteiger partial charge is 0.399 e. The van der Waals surface area contributed by atoms with Gasteiger partial charge in [-0.15, -0.1) is 0 Å². The molecule has 0 spiro atoms. The zero-order valence-corrected chi connectivity index (χ0v) is 8.66. The Labute approximate surface area is 89.0 Å². The fourth-order valence-corrected chi connectivity index (χ4v) is 1.74. The molecular weight excluding hydrogens is 188 g/mol. The van der Waals surface area contributed by atoms with E-state index in [1.54, 1.807) is 6.08 Å². The summed E-state index contributed by atoms with van der Waals surface area (Å²) in [7, 11) is 0. The summed E-state index contributed by atoms with van der Waals surface area (Å²) < 4.78 is 0. The van der Waals surface area contributed by atoms with Crippen molar-refractivity contribution in [1.29, 1.82) is 0 Å². The third-order valence-corrected chi connectivity index (χ3v) is 2.64. The van der Waals surface area contributed by atoms with Crippen molar-refractivity contribution >= 4 is 17.2 Å². The highest BCUT2D eigenvalue weighted by Gasteiger charge is 2.17. The Hall–Kier alpha value is -1.77. The van der Waals surface area contributed by atoms with Crippen molar-refractivity contribution in [3.05, 3.63) is 35.9 Å². The van der Waals surface area contributed by atoms with E-state index in [2.05, 4.69) is 12.2 Å². The van der Waals surface area contributed by atoms with E-state index < -0.39 is 0 Å². The van der Waals surface area contributed by atoms with E-state index in [9.17, 15) is 4.79 Å². The Bertz CT molecular complexity index is 406. The first kappa shape index (κ1) is 9.77. The molecule has 0 aliphatic carbocycles. The monoisotopic (exact) mass is 202 g/mol. The predicted octanol–water partition coefficient (Wildman–Crippen LogP) is 1.42. The number of rotatable bonds is 1. The van der Waals surface area contributed by atoms with E-state index >= 15 is 0 Å². The zero-order chi connectivity index (χ0) is 10.8. The molecule has 3 heteroatoms. The summed E-state index contributed by atoms with van der Waals surface area (Å²) in [6.07, 6.45) is 1.67. The SMILES string of the molecule is C[C@@H]1CNC(=O)C=C1c1ccc(N)cc1. The number of benzene rings is 1. The van der Waals surface area contributed by atoms with Gasteiger partial charge >= 0.3 is 0 Å². The molecule has 15 heavy (non-hydrogen) atoms. The first-order chi connectivity index (χ1) is 7.16. The summed E-state index contributed by atoms with van der Waals surface area (Å²) in [6.45, 7) is 2.80. The average Bonchev–Trinajstić information content (AvgIpc) is 2.23. The van der Waals surface area contributed by atoms with Crippen molar-refractivity contribution < 1.29 is 4.79 Å². The second-order valence-electron chi connectivity index (χ2n) is 3.87. The van der Waals surface area contributed by atoms with Crippen LogP contribution in [-0.2, 0) is 4.79 Å². The van der Waals surface area contributed by atoms with Gasteiger partial charge in [0.25, 0.3) is 0 Å². The van der Waals surface area contributed by atoms with Gasteiger partial charge in [0.15, 0.2) is 0 Å². The number of amides is 1. The Morgan fingerprint density at radius 1 is 1.33 bits per heavy atom. The molecule has 1 amide bonds. The van der Waals surface area contributed by atoms with E-state index in [0.717, 1.165) is 16.8 Å². The van der Waals surface area contributed by atoms with Crippen LogP contribution >= 0.6 is 0 Å². The number of hydrogen-bond acceptors (Lipinski definition) is 2. The molecule has 1 atom stereocenters. The lowest BCUT2D eigenvalue weighted by Crippen LogP contribution is -2.32. The molecule has 0 fully saturated rings. The molecule has 0 unspecified atom stereocenters. The van der Waals surface area contributed by atoms with E-state index in [1.165, 1.54) is 0 Å². The third kappa shape index (κ3) is 2.01. The van der Waals surface area contributed by atoms with Crippen LogP contribution in [0.2, 0.25) is 0 Å². The molecule has 0 radical (unpaired) electrons. The van der Waals surface area contributed by atoms with Crippen LogP contribution < -0.4 is 11.1 Å². The molecule has 0 bridgehead atoms. The van der Waals surface area contributed by atoms with Crippen LogP contribution in [-0.4, -0.2) is 12.5 Å². The molecule has 2 rings (SSSR count). The van der Waals surface area contributed by atoms with Crippen molar-refractivity contribution in [1.82, 2.24) is 5.32 Å². The van der Waals surface area contributed by atoms with Crippen molar-refractivity contribution in [2.24, 2.45) is 5.92 Å². The molecule has 0 aromatic heterocycles. The number of hydrogen-bond donors (Lipinski definition) is 2. The summed E-state index contributed by atoms with van der Waals surface area (Å²) in [5, 5.41) is 2.80. The van der Waals surface area contributed by atoms with Gasteiger partial charge in [-0.2, -0.15) is 0 Å². The van der Waals surface area contributed by atoms with Gasteiger partial charge in [-0.25, -0.2) is 0 Å². The summed E-state index contributed by atoms with van der Waals surface area (Å²) in [5.41, 5.74) is 8.52. The fourth-order valence-electron chi connectivity index (χ4n) is 1.74. The van der Waals surface area contributed by atoms with E-state index in [4.69, 9.17) is 5.73 Å². The maximum Gasteiger partial charge on any atom is 0.244 e. The number of nitrogen functional groups attached to an aromatic ring is 1. The Balaban J connectivity index is 2.36.